The first kappa shape index (κ1) is 18.1. The van der Waals surface area contributed by atoms with E-state index in [4.69, 9.17) is 0 Å². The molecule has 1 aliphatic heterocycles. The summed E-state index contributed by atoms with van der Waals surface area (Å²) >= 11 is 0. The summed E-state index contributed by atoms with van der Waals surface area (Å²) in [6.45, 7) is 3.93. The summed E-state index contributed by atoms with van der Waals surface area (Å²) in [5.74, 6) is 1.33. The Bertz CT molecular complexity index is 932. The first-order valence-electron chi connectivity index (χ1n) is 9.32. The molecule has 2 aromatic heterocycles. The van der Waals surface area contributed by atoms with Crippen LogP contribution in [-0.2, 0) is 6.54 Å². The summed E-state index contributed by atoms with van der Waals surface area (Å²) < 4.78 is 1.61. The number of rotatable bonds is 5. The van der Waals surface area contributed by atoms with Gasteiger partial charge in [-0.25, -0.2) is 14.6 Å². The number of aromatic nitrogens is 4. The van der Waals surface area contributed by atoms with Crippen molar-refractivity contribution >= 4 is 11.7 Å². The predicted molar refractivity (Wildman–Crippen MR) is 106 cm³/mol. The van der Waals surface area contributed by atoms with Crippen molar-refractivity contribution in [2.75, 3.05) is 38.5 Å². The van der Waals surface area contributed by atoms with Crippen molar-refractivity contribution < 1.29 is 4.79 Å². The van der Waals surface area contributed by atoms with Gasteiger partial charge in [-0.05, 0) is 12.6 Å². The number of nitrogens with zero attached hydrogens (tertiary/aromatic N) is 6. The molecule has 144 valence electrons. The molecular formula is C20H23N7O. The standard InChI is InChI=1S/C20H23N7O/c1-25-7-9-26(10-8-25)20(28)17-13-24-27(14-17)19-11-18(22-15-23-19)21-12-16-5-3-2-4-6-16/h2-6,11,13-15H,7-10,12H2,1H3,(H,21,22,23). The number of anilines is 1. The largest absolute Gasteiger partial charge is 0.366 e. The molecule has 1 saturated heterocycles. The number of hydrogen-bond acceptors (Lipinski definition) is 6. The minimum Gasteiger partial charge on any atom is -0.366 e. The van der Waals surface area contributed by atoms with Crippen molar-refractivity contribution in [1.29, 1.82) is 0 Å². The first-order chi connectivity index (χ1) is 13.7. The molecule has 3 aromatic rings. The fourth-order valence-electron chi connectivity index (χ4n) is 3.11. The van der Waals surface area contributed by atoms with Gasteiger partial charge in [-0.1, -0.05) is 30.3 Å². The lowest BCUT2D eigenvalue weighted by molar-refractivity contribution is 0.0664. The van der Waals surface area contributed by atoms with Crippen LogP contribution in [-0.4, -0.2) is 68.7 Å². The fraction of sp³-hybridized carbons (Fsp3) is 0.300. The Labute approximate surface area is 163 Å². The highest BCUT2D eigenvalue weighted by atomic mass is 16.2. The summed E-state index contributed by atoms with van der Waals surface area (Å²) in [6, 6.07) is 11.9. The van der Waals surface area contributed by atoms with Crippen LogP contribution in [0.5, 0.6) is 0 Å². The van der Waals surface area contributed by atoms with Crippen molar-refractivity contribution in [3.8, 4) is 5.82 Å². The van der Waals surface area contributed by atoms with E-state index in [0.29, 0.717) is 23.7 Å². The maximum atomic E-state index is 12.7. The molecule has 8 heteroatoms. The van der Waals surface area contributed by atoms with Gasteiger partial charge in [-0.2, -0.15) is 5.10 Å². The molecule has 3 heterocycles. The van der Waals surface area contributed by atoms with E-state index in [1.54, 1.807) is 17.1 Å². The van der Waals surface area contributed by atoms with E-state index in [1.165, 1.54) is 11.9 Å². The molecule has 4 rings (SSSR count). The smallest absolute Gasteiger partial charge is 0.257 e. The molecule has 1 fully saturated rings. The van der Waals surface area contributed by atoms with Crippen LogP contribution < -0.4 is 5.32 Å². The number of hydrogen-bond donors (Lipinski definition) is 1. The number of nitrogens with one attached hydrogen (secondary N) is 1. The van der Waals surface area contributed by atoms with Gasteiger partial charge in [0, 0.05) is 45.0 Å². The van der Waals surface area contributed by atoms with Gasteiger partial charge in [-0.3, -0.25) is 4.79 Å². The fourth-order valence-corrected chi connectivity index (χ4v) is 3.11. The Hall–Kier alpha value is -3.26. The lowest BCUT2D eigenvalue weighted by atomic mass is 10.2. The molecule has 1 aromatic carbocycles. The third-order valence-electron chi connectivity index (χ3n) is 4.82. The molecular weight excluding hydrogens is 354 g/mol. The summed E-state index contributed by atoms with van der Waals surface area (Å²) in [7, 11) is 2.07. The normalized spacial score (nSPS) is 14.8. The molecule has 0 spiro atoms. The van der Waals surface area contributed by atoms with Gasteiger partial charge in [0.25, 0.3) is 5.91 Å². The van der Waals surface area contributed by atoms with Crippen molar-refractivity contribution in [3.63, 3.8) is 0 Å². The third-order valence-corrected chi connectivity index (χ3v) is 4.82. The minimum absolute atomic E-state index is 0.0100. The number of amides is 1. The Kier molecular flexibility index (Phi) is 5.29. The van der Waals surface area contributed by atoms with Crippen molar-refractivity contribution in [2.45, 2.75) is 6.54 Å². The molecule has 0 bridgehead atoms. The Morgan fingerprint density at radius 1 is 1.11 bits per heavy atom. The van der Waals surface area contributed by atoms with Crippen LogP contribution in [0.3, 0.4) is 0 Å². The summed E-state index contributed by atoms with van der Waals surface area (Å²) in [6.07, 6.45) is 4.82. The molecule has 0 radical (unpaired) electrons. The minimum atomic E-state index is 0.0100. The van der Waals surface area contributed by atoms with Gasteiger partial charge < -0.3 is 15.1 Å². The molecule has 0 aliphatic carbocycles. The Morgan fingerprint density at radius 3 is 2.68 bits per heavy atom. The van der Waals surface area contributed by atoms with E-state index >= 15 is 0 Å². The van der Waals surface area contributed by atoms with Gasteiger partial charge in [0.1, 0.15) is 12.1 Å². The van der Waals surface area contributed by atoms with Crippen LogP contribution in [0.4, 0.5) is 5.82 Å². The number of benzene rings is 1. The average Bonchev–Trinajstić information content (AvgIpc) is 3.24. The lowest BCUT2D eigenvalue weighted by Crippen LogP contribution is -2.47. The molecule has 0 atom stereocenters. The maximum absolute atomic E-state index is 12.7. The van der Waals surface area contributed by atoms with Gasteiger partial charge in [0.05, 0.1) is 11.8 Å². The van der Waals surface area contributed by atoms with E-state index in [2.05, 4.69) is 44.5 Å². The van der Waals surface area contributed by atoms with E-state index in [-0.39, 0.29) is 5.91 Å². The van der Waals surface area contributed by atoms with Crippen LogP contribution in [0.2, 0.25) is 0 Å². The van der Waals surface area contributed by atoms with Crippen LogP contribution in [0.1, 0.15) is 15.9 Å². The SMILES string of the molecule is CN1CCN(C(=O)c2cnn(-c3cc(NCc4ccccc4)ncn3)c2)CC1. The van der Waals surface area contributed by atoms with Crippen molar-refractivity contribution in [3.05, 3.63) is 66.2 Å². The van der Waals surface area contributed by atoms with Gasteiger partial charge >= 0.3 is 0 Å². The number of likely N-dealkylation sites (N-methyl/N-ethyl adjacent to an activating group) is 1. The van der Waals surface area contributed by atoms with Crippen molar-refractivity contribution in [1.82, 2.24) is 29.5 Å². The molecule has 28 heavy (non-hydrogen) atoms. The average molecular weight is 377 g/mol. The second kappa shape index (κ2) is 8.18. The first-order valence-corrected chi connectivity index (χ1v) is 9.32. The second-order valence-corrected chi connectivity index (χ2v) is 6.87. The topological polar surface area (TPSA) is 79.2 Å². The molecule has 8 nitrogen and oxygen atoms in total. The van der Waals surface area contributed by atoms with Gasteiger partial charge in [0.15, 0.2) is 5.82 Å². The zero-order chi connectivity index (χ0) is 19.3. The lowest BCUT2D eigenvalue weighted by Gasteiger charge is -2.32. The van der Waals surface area contributed by atoms with E-state index in [9.17, 15) is 4.79 Å². The number of carbonyl (C=O) groups is 1. The Morgan fingerprint density at radius 2 is 1.89 bits per heavy atom. The highest BCUT2D eigenvalue weighted by Gasteiger charge is 2.21. The van der Waals surface area contributed by atoms with E-state index < -0.39 is 0 Å². The molecule has 1 aliphatic rings. The number of carbonyl (C=O) groups excluding carboxylic acids is 1. The predicted octanol–water partition coefficient (Wildman–Crippen LogP) is 1.66. The second-order valence-electron chi connectivity index (χ2n) is 6.87. The highest BCUT2D eigenvalue weighted by Crippen LogP contribution is 2.13. The van der Waals surface area contributed by atoms with Gasteiger partial charge in [-0.15, -0.1) is 0 Å². The molecule has 1 N–H and O–H groups in total. The summed E-state index contributed by atoms with van der Waals surface area (Å²) in [5, 5.41) is 7.60. The van der Waals surface area contributed by atoms with Crippen LogP contribution in [0.15, 0.2) is 55.1 Å². The van der Waals surface area contributed by atoms with Crippen LogP contribution in [0, 0.1) is 0 Å². The molecule has 0 unspecified atom stereocenters. The zero-order valence-corrected chi connectivity index (χ0v) is 15.8. The maximum Gasteiger partial charge on any atom is 0.257 e. The quantitative estimate of drug-likeness (QED) is 0.729. The summed E-state index contributed by atoms with van der Waals surface area (Å²) in [5.41, 5.74) is 1.74. The third kappa shape index (κ3) is 4.17. The number of piperazine rings is 1. The summed E-state index contributed by atoms with van der Waals surface area (Å²) in [4.78, 5) is 25.3. The zero-order valence-electron chi connectivity index (χ0n) is 15.8. The van der Waals surface area contributed by atoms with E-state index in [1.807, 2.05) is 29.2 Å². The van der Waals surface area contributed by atoms with Crippen LogP contribution >= 0.6 is 0 Å². The molecule has 0 saturated carbocycles. The molecule has 1 amide bonds. The van der Waals surface area contributed by atoms with E-state index in [0.717, 1.165) is 26.2 Å². The Balaban J connectivity index is 1.44. The van der Waals surface area contributed by atoms with Crippen LogP contribution in [0.25, 0.3) is 5.82 Å². The van der Waals surface area contributed by atoms with Gasteiger partial charge in [0.2, 0.25) is 0 Å². The van der Waals surface area contributed by atoms with Crippen molar-refractivity contribution in [2.24, 2.45) is 0 Å². The highest BCUT2D eigenvalue weighted by molar-refractivity contribution is 5.93. The monoisotopic (exact) mass is 377 g/mol.